The Morgan fingerprint density at radius 2 is 2.24 bits per heavy atom. The highest BCUT2D eigenvalue weighted by molar-refractivity contribution is 5.98. The van der Waals surface area contributed by atoms with E-state index >= 15 is 0 Å². The van der Waals surface area contributed by atoms with Crippen molar-refractivity contribution in [1.29, 1.82) is 0 Å². The average molecular weight is 227 g/mol. The first-order valence-electron chi connectivity index (χ1n) is 6.14. The molecule has 1 aromatic carbocycles. The first kappa shape index (κ1) is 10.4. The van der Waals surface area contributed by atoms with E-state index in [1.807, 2.05) is 12.1 Å². The van der Waals surface area contributed by atoms with Crippen LogP contribution < -0.4 is 10.6 Å². The molecule has 1 aromatic heterocycles. The molecule has 2 N–H and O–H groups in total. The van der Waals surface area contributed by atoms with Gasteiger partial charge in [0, 0.05) is 30.4 Å². The molecule has 0 radical (unpaired) electrons. The minimum absolute atomic E-state index is 0.761. The Morgan fingerprint density at radius 1 is 1.35 bits per heavy atom. The molecule has 2 aromatic rings. The second kappa shape index (κ2) is 3.91. The maximum absolute atomic E-state index is 5.97. The number of nitrogens with zero attached hydrogens (tertiary/aromatic N) is 2. The number of rotatable bonds is 1. The summed E-state index contributed by atoms with van der Waals surface area (Å²) in [6, 6.07) is 8.17. The van der Waals surface area contributed by atoms with Crippen molar-refractivity contribution < 1.29 is 0 Å². The summed E-state index contributed by atoms with van der Waals surface area (Å²) >= 11 is 0. The van der Waals surface area contributed by atoms with E-state index in [2.05, 4.69) is 28.9 Å². The smallest absolute Gasteiger partial charge is 0.0951 e. The van der Waals surface area contributed by atoms with Gasteiger partial charge >= 0.3 is 0 Å². The van der Waals surface area contributed by atoms with E-state index in [1.165, 1.54) is 17.5 Å². The van der Waals surface area contributed by atoms with Crippen molar-refractivity contribution >= 4 is 22.3 Å². The van der Waals surface area contributed by atoms with Gasteiger partial charge in [-0.1, -0.05) is 6.92 Å². The van der Waals surface area contributed by atoms with Crippen molar-refractivity contribution in [1.82, 2.24) is 4.98 Å². The molecule has 0 spiro atoms. The van der Waals surface area contributed by atoms with Crippen LogP contribution in [0.5, 0.6) is 0 Å². The van der Waals surface area contributed by atoms with Crippen molar-refractivity contribution in [3.63, 3.8) is 0 Å². The Hall–Kier alpha value is -1.77. The van der Waals surface area contributed by atoms with Crippen molar-refractivity contribution in [3.05, 3.63) is 30.5 Å². The van der Waals surface area contributed by atoms with Gasteiger partial charge in [-0.3, -0.25) is 4.98 Å². The molecule has 0 bridgehead atoms. The second-order valence-corrected chi connectivity index (χ2v) is 4.91. The van der Waals surface area contributed by atoms with Crippen LogP contribution in [0.25, 0.3) is 10.9 Å². The topological polar surface area (TPSA) is 42.1 Å². The van der Waals surface area contributed by atoms with E-state index in [9.17, 15) is 0 Å². The van der Waals surface area contributed by atoms with Gasteiger partial charge in [0.25, 0.3) is 0 Å². The molecule has 3 nitrogen and oxygen atoms in total. The van der Waals surface area contributed by atoms with Crippen LogP contribution in [0.1, 0.15) is 13.3 Å². The molecule has 1 atom stereocenters. The van der Waals surface area contributed by atoms with Crippen LogP contribution in [-0.2, 0) is 0 Å². The van der Waals surface area contributed by atoms with Crippen LogP contribution in [0.15, 0.2) is 30.5 Å². The fraction of sp³-hybridized carbons (Fsp3) is 0.357. The third-order valence-electron chi connectivity index (χ3n) is 3.54. The first-order valence-corrected chi connectivity index (χ1v) is 6.14. The molecule has 3 heteroatoms. The zero-order chi connectivity index (χ0) is 11.8. The second-order valence-electron chi connectivity index (χ2n) is 4.91. The standard InChI is InChI=1S/C14H17N3/c1-10-6-8-17(9-10)13-5-4-12(15)14-11(13)3-2-7-16-14/h2-5,7,10H,6,8-9,15H2,1H3. The van der Waals surface area contributed by atoms with Gasteiger partial charge < -0.3 is 10.6 Å². The van der Waals surface area contributed by atoms with Crippen molar-refractivity contribution in [3.8, 4) is 0 Å². The lowest BCUT2D eigenvalue weighted by atomic mass is 10.1. The Kier molecular flexibility index (Phi) is 2.39. The van der Waals surface area contributed by atoms with E-state index in [0.29, 0.717) is 0 Å². The summed E-state index contributed by atoms with van der Waals surface area (Å²) in [6.07, 6.45) is 3.07. The fourth-order valence-corrected chi connectivity index (χ4v) is 2.61. The molecular formula is C14H17N3. The number of anilines is 2. The van der Waals surface area contributed by atoms with E-state index in [1.54, 1.807) is 6.20 Å². The Morgan fingerprint density at radius 3 is 3.00 bits per heavy atom. The van der Waals surface area contributed by atoms with Gasteiger partial charge in [-0.15, -0.1) is 0 Å². The van der Waals surface area contributed by atoms with Gasteiger partial charge in [-0.05, 0) is 36.6 Å². The van der Waals surface area contributed by atoms with Crippen LogP contribution in [0.3, 0.4) is 0 Å². The molecule has 1 aliphatic heterocycles. The van der Waals surface area contributed by atoms with Crippen molar-refractivity contribution in [2.24, 2.45) is 5.92 Å². The average Bonchev–Trinajstić information content (AvgIpc) is 2.77. The predicted octanol–water partition coefficient (Wildman–Crippen LogP) is 2.66. The largest absolute Gasteiger partial charge is 0.397 e. The molecule has 0 aliphatic carbocycles. The molecule has 1 unspecified atom stereocenters. The molecular weight excluding hydrogens is 210 g/mol. The minimum Gasteiger partial charge on any atom is -0.397 e. The lowest BCUT2D eigenvalue weighted by Crippen LogP contribution is -2.19. The molecule has 1 fully saturated rings. The van der Waals surface area contributed by atoms with Crippen molar-refractivity contribution in [2.75, 3.05) is 23.7 Å². The summed E-state index contributed by atoms with van der Waals surface area (Å²) in [5.74, 6) is 0.777. The summed E-state index contributed by atoms with van der Waals surface area (Å²) in [6.45, 7) is 4.57. The molecule has 2 heterocycles. The number of nitrogen functional groups attached to an aromatic ring is 1. The Labute approximate surface area is 101 Å². The molecule has 0 saturated carbocycles. The number of fused-ring (bicyclic) bond motifs is 1. The van der Waals surface area contributed by atoms with Crippen LogP contribution in [0.2, 0.25) is 0 Å². The molecule has 17 heavy (non-hydrogen) atoms. The van der Waals surface area contributed by atoms with E-state index in [0.717, 1.165) is 30.2 Å². The fourth-order valence-electron chi connectivity index (χ4n) is 2.61. The highest BCUT2D eigenvalue weighted by atomic mass is 15.2. The van der Waals surface area contributed by atoms with Gasteiger partial charge in [-0.25, -0.2) is 0 Å². The minimum atomic E-state index is 0.761. The summed E-state index contributed by atoms with van der Waals surface area (Å²) in [7, 11) is 0. The summed E-state index contributed by atoms with van der Waals surface area (Å²) in [5.41, 5.74) is 8.92. The number of pyridine rings is 1. The zero-order valence-electron chi connectivity index (χ0n) is 10.1. The lowest BCUT2D eigenvalue weighted by Gasteiger charge is -2.20. The third-order valence-corrected chi connectivity index (χ3v) is 3.54. The van der Waals surface area contributed by atoms with Gasteiger partial charge in [0.15, 0.2) is 0 Å². The molecule has 3 rings (SSSR count). The van der Waals surface area contributed by atoms with Gasteiger partial charge in [0.2, 0.25) is 0 Å². The molecule has 1 aliphatic rings. The normalized spacial score (nSPS) is 20.1. The van der Waals surface area contributed by atoms with Crippen LogP contribution >= 0.6 is 0 Å². The van der Waals surface area contributed by atoms with Crippen LogP contribution in [0.4, 0.5) is 11.4 Å². The Balaban J connectivity index is 2.14. The number of aromatic nitrogens is 1. The third kappa shape index (κ3) is 1.71. The summed E-state index contributed by atoms with van der Waals surface area (Å²) < 4.78 is 0. The van der Waals surface area contributed by atoms with Crippen LogP contribution in [-0.4, -0.2) is 18.1 Å². The van der Waals surface area contributed by atoms with Crippen LogP contribution in [0, 0.1) is 5.92 Å². The maximum atomic E-state index is 5.97. The molecule has 0 amide bonds. The van der Waals surface area contributed by atoms with Crippen molar-refractivity contribution in [2.45, 2.75) is 13.3 Å². The summed E-state index contributed by atoms with van der Waals surface area (Å²) in [4.78, 5) is 6.82. The summed E-state index contributed by atoms with van der Waals surface area (Å²) in [5, 5.41) is 1.17. The Bertz CT molecular complexity index is 550. The monoisotopic (exact) mass is 227 g/mol. The van der Waals surface area contributed by atoms with Gasteiger partial charge in [-0.2, -0.15) is 0 Å². The van der Waals surface area contributed by atoms with E-state index in [4.69, 9.17) is 5.73 Å². The highest BCUT2D eigenvalue weighted by Gasteiger charge is 2.20. The predicted molar refractivity (Wildman–Crippen MR) is 72.1 cm³/mol. The van der Waals surface area contributed by atoms with E-state index in [-0.39, 0.29) is 0 Å². The number of benzene rings is 1. The molecule has 88 valence electrons. The quantitative estimate of drug-likeness (QED) is 0.762. The molecule has 1 saturated heterocycles. The number of hydrogen-bond acceptors (Lipinski definition) is 3. The number of nitrogens with two attached hydrogens (primary N) is 1. The number of hydrogen-bond donors (Lipinski definition) is 1. The highest BCUT2D eigenvalue weighted by Crippen LogP contribution is 2.32. The van der Waals surface area contributed by atoms with Gasteiger partial charge in [0.1, 0.15) is 0 Å². The zero-order valence-corrected chi connectivity index (χ0v) is 10.1. The lowest BCUT2D eigenvalue weighted by molar-refractivity contribution is 0.659. The van der Waals surface area contributed by atoms with Gasteiger partial charge in [0.05, 0.1) is 11.2 Å². The SMILES string of the molecule is CC1CCN(c2ccc(N)c3ncccc23)C1. The van der Waals surface area contributed by atoms with E-state index < -0.39 is 0 Å². The maximum Gasteiger partial charge on any atom is 0.0951 e. The first-order chi connectivity index (χ1) is 8.25.